The third-order valence-corrected chi connectivity index (χ3v) is 3.97. The van der Waals surface area contributed by atoms with E-state index in [0.29, 0.717) is 28.3 Å². The van der Waals surface area contributed by atoms with Gasteiger partial charge in [-0.15, -0.1) is 0 Å². The SMILES string of the molecule is COc1ccc(CNC(=O)c2cc(C#N)ccc2NC(C)CO)cc1OC. The Labute approximate surface area is 158 Å². The number of methoxy groups -OCH3 is 2. The van der Waals surface area contributed by atoms with Gasteiger partial charge in [-0.2, -0.15) is 5.26 Å². The molecule has 7 heteroatoms. The van der Waals surface area contributed by atoms with Gasteiger partial charge >= 0.3 is 0 Å². The summed E-state index contributed by atoms with van der Waals surface area (Å²) >= 11 is 0. The molecule has 3 N–H and O–H groups in total. The number of nitrogens with one attached hydrogen (secondary N) is 2. The van der Waals surface area contributed by atoms with Crippen LogP contribution < -0.4 is 20.1 Å². The lowest BCUT2D eigenvalue weighted by Gasteiger charge is -2.16. The Morgan fingerprint density at radius 2 is 1.93 bits per heavy atom. The van der Waals surface area contributed by atoms with E-state index in [4.69, 9.17) is 14.7 Å². The van der Waals surface area contributed by atoms with E-state index in [1.165, 1.54) is 6.07 Å². The van der Waals surface area contributed by atoms with E-state index in [-0.39, 0.29) is 25.1 Å². The van der Waals surface area contributed by atoms with E-state index in [1.807, 2.05) is 12.1 Å². The lowest BCUT2D eigenvalue weighted by molar-refractivity contribution is 0.0951. The standard InChI is InChI=1S/C20H23N3O4/c1-13(12-24)23-17-6-4-14(10-21)8-16(17)20(25)22-11-15-5-7-18(26-2)19(9-15)27-3/h4-9,13,23-24H,11-12H2,1-3H3,(H,22,25). The summed E-state index contributed by atoms with van der Waals surface area (Å²) < 4.78 is 10.5. The number of aliphatic hydroxyl groups excluding tert-OH is 1. The third kappa shape index (κ3) is 5.12. The topological polar surface area (TPSA) is 104 Å². The van der Waals surface area contributed by atoms with Gasteiger partial charge in [0.15, 0.2) is 11.5 Å². The van der Waals surface area contributed by atoms with Crippen LogP contribution in [0.25, 0.3) is 0 Å². The smallest absolute Gasteiger partial charge is 0.253 e. The number of rotatable bonds is 8. The first-order chi connectivity index (χ1) is 13.0. The average molecular weight is 369 g/mol. The zero-order valence-corrected chi connectivity index (χ0v) is 15.6. The van der Waals surface area contributed by atoms with E-state index in [9.17, 15) is 9.90 Å². The highest BCUT2D eigenvalue weighted by molar-refractivity contribution is 6.00. The largest absolute Gasteiger partial charge is 0.493 e. The van der Waals surface area contributed by atoms with Gasteiger partial charge in [-0.25, -0.2) is 0 Å². The number of carbonyl (C=O) groups is 1. The Hall–Kier alpha value is -3.24. The Morgan fingerprint density at radius 1 is 1.19 bits per heavy atom. The maximum absolute atomic E-state index is 12.7. The summed E-state index contributed by atoms with van der Waals surface area (Å²) in [6.45, 7) is 2.00. The molecule has 0 aliphatic heterocycles. The van der Waals surface area contributed by atoms with Crippen molar-refractivity contribution in [2.75, 3.05) is 26.1 Å². The van der Waals surface area contributed by atoms with Gasteiger partial charge in [0.25, 0.3) is 5.91 Å². The predicted octanol–water partition coefficient (Wildman–Crippen LogP) is 2.30. The molecule has 2 aromatic carbocycles. The quantitative estimate of drug-likeness (QED) is 0.660. The second-order valence-electron chi connectivity index (χ2n) is 5.97. The highest BCUT2D eigenvalue weighted by Gasteiger charge is 2.14. The molecule has 0 saturated heterocycles. The van der Waals surface area contributed by atoms with E-state index in [1.54, 1.807) is 45.4 Å². The second-order valence-corrected chi connectivity index (χ2v) is 5.97. The minimum absolute atomic E-state index is 0.0767. The molecule has 2 aromatic rings. The number of nitrogens with zero attached hydrogens (tertiary/aromatic N) is 1. The van der Waals surface area contributed by atoms with Gasteiger partial charge in [-0.3, -0.25) is 4.79 Å². The van der Waals surface area contributed by atoms with Crippen LogP contribution in [0.3, 0.4) is 0 Å². The van der Waals surface area contributed by atoms with Crippen LogP contribution in [-0.2, 0) is 6.54 Å². The zero-order chi connectivity index (χ0) is 19.8. The fourth-order valence-corrected chi connectivity index (χ4v) is 2.51. The Kier molecular flexibility index (Phi) is 7.03. The van der Waals surface area contributed by atoms with E-state index in [2.05, 4.69) is 10.6 Å². The maximum atomic E-state index is 12.7. The van der Waals surface area contributed by atoms with Gasteiger partial charge in [0, 0.05) is 18.3 Å². The number of ether oxygens (including phenoxy) is 2. The van der Waals surface area contributed by atoms with Crippen molar-refractivity contribution in [2.24, 2.45) is 0 Å². The zero-order valence-electron chi connectivity index (χ0n) is 15.6. The minimum Gasteiger partial charge on any atom is -0.493 e. The van der Waals surface area contributed by atoms with E-state index < -0.39 is 0 Å². The number of aliphatic hydroxyl groups is 1. The molecule has 0 spiro atoms. The predicted molar refractivity (Wildman–Crippen MR) is 102 cm³/mol. The number of nitriles is 1. The lowest BCUT2D eigenvalue weighted by Crippen LogP contribution is -2.26. The molecular weight excluding hydrogens is 346 g/mol. The Morgan fingerprint density at radius 3 is 2.56 bits per heavy atom. The molecule has 1 atom stereocenters. The van der Waals surface area contributed by atoms with Crippen LogP contribution in [0.4, 0.5) is 5.69 Å². The molecule has 142 valence electrons. The van der Waals surface area contributed by atoms with Crippen LogP contribution >= 0.6 is 0 Å². The molecule has 7 nitrogen and oxygen atoms in total. The van der Waals surface area contributed by atoms with Crippen molar-refractivity contribution in [1.29, 1.82) is 5.26 Å². The number of anilines is 1. The monoisotopic (exact) mass is 369 g/mol. The summed E-state index contributed by atoms with van der Waals surface area (Å²) in [6, 6.07) is 12.0. The van der Waals surface area contributed by atoms with Crippen molar-refractivity contribution >= 4 is 11.6 Å². The number of hydrogen-bond acceptors (Lipinski definition) is 6. The fourth-order valence-electron chi connectivity index (χ4n) is 2.51. The van der Waals surface area contributed by atoms with Crippen molar-refractivity contribution in [1.82, 2.24) is 5.32 Å². The summed E-state index contributed by atoms with van der Waals surface area (Å²) in [5.74, 6) is 0.864. The van der Waals surface area contributed by atoms with Gasteiger partial charge in [0.1, 0.15) is 0 Å². The molecule has 27 heavy (non-hydrogen) atoms. The lowest BCUT2D eigenvalue weighted by atomic mass is 10.1. The van der Waals surface area contributed by atoms with E-state index in [0.717, 1.165) is 5.56 Å². The maximum Gasteiger partial charge on any atom is 0.253 e. The molecule has 0 radical (unpaired) electrons. The van der Waals surface area contributed by atoms with Gasteiger partial charge in [0.05, 0.1) is 38.0 Å². The molecule has 0 aliphatic rings. The van der Waals surface area contributed by atoms with Crippen molar-refractivity contribution in [3.8, 4) is 17.6 Å². The first-order valence-corrected chi connectivity index (χ1v) is 8.43. The van der Waals surface area contributed by atoms with Crippen LogP contribution in [0, 0.1) is 11.3 Å². The second kappa shape index (κ2) is 9.46. The molecule has 0 aromatic heterocycles. The molecule has 2 rings (SSSR count). The molecule has 0 bridgehead atoms. The van der Waals surface area contributed by atoms with Crippen molar-refractivity contribution in [2.45, 2.75) is 19.5 Å². The molecule has 1 unspecified atom stereocenters. The van der Waals surface area contributed by atoms with Crippen LogP contribution in [0.1, 0.15) is 28.4 Å². The van der Waals surface area contributed by atoms with Gasteiger partial charge in [-0.1, -0.05) is 6.07 Å². The Balaban J connectivity index is 2.18. The summed E-state index contributed by atoms with van der Waals surface area (Å²) in [7, 11) is 3.11. The van der Waals surface area contributed by atoms with Crippen LogP contribution in [0.5, 0.6) is 11.5 Å². The number of benzene rings is 2. The molecule has 0 heterocycles. The number of hydrogen-bond donors (Lipinski definition) is 3. The fraction of sp³-hybridized carbons (Fsp3) is 0.300. The Bertz CT molecular complexity index is 846. The molecule has 0 saturated carbocycles. The van der Waals surface area contributed by atoms with Crippen molar-refractivity contribution in [3.05, 3.63) is 53.1 Å². The van der Waals surface area contributed by atoms with E-state index >= 15 is 0 Å². The summed E-state index contributed by atoms with van der Waals surface area (Å²) in [6.07, 6.45) is 0. The molecule has 0 fully saturated rings. The summed E-state index contributed by atoms with van der Waals surface area (Å²) in [5.41, 5.74) is 2.12. The first-order valence-electron chi connectivity index (χ1n) is 8.43. The van der Waals surface area contributed by atoms with Crippen LogP contribution in [-0.4, -0.2) is 37.9 Å². The van der Waals surface area contributed by atoms with Gasteiger partial charge < -0.3 is 25.2 Å². The van der Waals surface area contributed by atoms with Crippen LogP contribution in [0.2, 0.25) is 0 Å². The molecule has 1 amide bonds. The average Bonchev–Trinajstić information content (AvgIpc) is 2.71. The molecule has 0 aliphatic carbocycles. The number of amides is 1. The van der Waals surface area contributed by atoms with Gasteiger partial charge in [0.2, 0.25) is 0 Å². The highest BCUT2D eigenvalue weighted by atomic mass is 16.5. The van der Waals surface area contributed by atoms with Gasteiger partial charge in [-0.05, 0) is 42.8 Å². The summed E-state index contributed by atoms with van der Waals surface area (Å²) in [4.78, 5) is 12.7. The van der Waals surface area contributed by atoms with Crippen molar-refractivity contribution < 1.29 is 19.4 Å². The third-order valence-electron chi connectivity index (χ3n) is 3.97. The van der Waals surface area contributed by atoms with Crippen molar-refractivity contribution in [3.63, 3.8) is 0 Å². The highest BCUT2D eigenvalue weighted by Crippen LogP contribution is 2.27. The van der Waals surface area contributed by atoms with Crippen LogP contribution in [0.15, 0.2) is 36.4 Å². The minimum atomic E-state index is -0.325. The number of carbonyl (C=O) groups excluding carboxylic acids is 1. The molecular formula is C20H23N3O4. The summed E-state index contributed by atoms with van der Waals surface area (Å²) in [5, 5.41) is 24.2. The normalized spacial score (nSPS) is 11.2. The first kappa shape index (κ1) is 20.1.